The molecule has 2 amide bonds. The van der Waals surface area contributed by atoms with E-state index in [0.29, 0.717) is 5.69 Å². The summed E-state index contributed by atoms with van der Waals surface area (Å²) in [5.41, 5.74) is 0.741. The Morgan fingerprint density at radius 1 is 1.04 bits per heavy atom. The quantitative estimate of drug-likeness (QED) is 0.762. The summed E-state index contributed by atoms with van der Waals surface area (Å²) in [6, 6.07) is 17.1. The second kappa shape index (κ2) is 6.23. The number of ether oxygens (including phenoxy) is 1. The Bertz CT molecular complexity index is 813. The number of hydrogen-bond donors (Lipinski definition) is 0. The fourth-order valence-corrected chi connectivity index (χ4v) is 4.05. The number of benzene rings is 2. The topological polar surface area (TPSA) is 46.6 Å². The molecule has 5 heteroatoms. The zero-order valence-corrected chi connectivity index (χ0v) is 15.6. The Morgan fingerprint density at radius 3 is 2.28 bits per heavy atom. The first-order valence-electron chi connectivity index (χ1n) is 8.13. The average Bonchev–Trinajstić information content (AvgIpc) is 2.75. The van der Waals surface area contributed by atoms with Crippen LogP contribution in [-0.4, -0.2) is 17.6 Å². The first-order chi connectivity index (χ1) is 11.7. The summed E-state index contributed by atoms with van der Waals surface area (Å²) in [4.78, 5) is 28.0. The second-order valence-corrected chi connectivity index (χ2v) is 8.58. The molecule has 0 saturated heterocycles. The smallest absolute Gasteiger partial charge is 0.421 e. The highest BCUT2D eigenvalue weighted by atomic mass is 32.2. The Hall–Kier alpha value is -2.27. The van der Waals surface area contributed by atoms with Gasteiger partial charge in [0, 0.05) is 10.5 Å². The largest absolute Gasteiger partial charge is 0.443 e. The molecule has 1 aliphatic rings. The van der Waals surface area contributed by atoms with Crippen molar-refractivity contribution in [3.8, 4) is 0 Å². The molecule has 1 aliphatic heterocycles. The summed E-state index contributed by atoms with van der Waals surface area (Å²) in [5, 5.41) is 0. The molecule has 0 aromatic heterocycles. The number of fused-ring (bicyclic) bond motifs is 1. The molecule has 130 valence electrons. The van der Waals surface area contributed by atoms with Crippen LogP contribution in [-0.2, 0) is 14.3 Å². The SMILES string of the molecule is CC(C)(C)OC(=O)N1C(=O)[C@@](C)(Sc2ccccc2)c2ccccc21. The fourth-order valence-electron chi connectivity index (χ4n) is 2.82. The van der Waals surface area contributed by atoms with Crippen molar-refractivity contribution in [2.45, 2.75) is 42.9 Å². The predicted molar refractivity (Wildman–Crippen MR) is 99.8 cm³/mol. The molecule has 2 aromatic carbocycles. The summed E-state index contributed by atoms with van der Waals surface area (Å²) in [6.45, 7) is 7.22. The lowest BCUT2D eigenvalue weighted by Crippen LogP contribution is -2.43. The minimum absolute atomic E-state index is 0.281. The molecule has 0 spiro atoms. The Labute approximate surface area is 152 Å². The number of rotatable bonds is 2. The van der Waals surface area contributed by atoms with Crippen LogP contribution in [0.1, 0.15) is 33.3 Å². The predicted octanol–water partition coefficient (Wildman–Crippen LogP) is 4.98. The molecule has 0 fully saturated rings. The van der Waals surface area contributed by atoms with E-state index in [-0.39, 0.29) is 5.91 Å². The van der Waals surface area contributed by atoms with Gasteiger partial charge in [0.25, 0.3) is 5.91 Å². The van der Waals surface area contributed by atoms with Crippen molar-refractivity contribution in [2.75, 3.05) is 4.90 Å². The zero-order chi connectivity index (χ0) is 18.2. The van der Waals surface area contributed by atoms with Gasteiger partial charge in [-0.3, -0.25) is 4.79 Å². The molecule has 0 radical (unpaired) electrons. The van der Waals surface area contributed by atoms with Crippen molar-refractivity contribution in [1.29, 1.82) is 0 Å². The van der Waals surface area contributed by atoms with Gasteiger partial charge in [-0.15, -0.1) is 11.8 Å². The van der Waals surface area contributed by atoms with Gasteiger partial charge in [-0.25, -0.2) is 9.69 Å². The first kappa shape index (κ1) is 17.5. The van der Waals surface area contributed by atoms with Crippen LogP contribution >= 0.6 is 11.8 Å². The van der Waals surface area contributed by atoms with Gasteiger partial charge in [-0.05, 0) is 45.9 Å². The van der Waals surface area contributed by atoms with E-state index in [2.05, 4.69) is 0 Å². The van der Waals surface area contributed by atoms with E-state index in [0.717, 1.165) is 15.4 Å². The summed E-state index contributed by atoms with van der Waals surface area (Å²) in [5.74, 6) is -0.281. The van der Waals surface area contributed by atoms with Gasteiger partial charge < -0.3 is 4.74 Å². The van der Waals surface area contributed by atoms with Crippen molar-refractivity contribution < 1.29 is 14.3 Å². The number of anilines is 1. The van der Waals surface area contributed by atoms with Crippen LogP contribution in [0.5, 0.6) is 0 Å². The van der Waals surface area contributed by atoms with Gasteiger partial charge in [0.05, 0.1) is 5.69 Å². The Kier molecular flexibility index (Phi) is 4.37. The van der Waals surface area contributed by atoms with Crippen LogP contribution in [0.2, 0.25) is 0 Å². The van der Waals surface area contributed by atoms with Gasteiger partial charge in [0.15, 0.2) is 0 Å². The van der Waals surface area contributed by atoms with Crippen molar-refractivity contribution in [2.24, 2.45) is 0 Å². The molecule has 4 nitrogen and oxygen atoms in total. The molecular weight excluding hydrogens is 334 g/mol. The van der Waals surface area contributed by atoms with Crippen LogP contribution in [0.25, 0.3) is 0 Å². The monoisotopic (exact) mass is 355 g/mol. The second-order valence-electron chi connectivity index (χ2n) is 7.09. The number of imide groups is 1. The molecular formula is C20H21NO3S. The molecule has 0 N–H and O–H groups in total. The van der Waals surface area contributed by atoms with Crippen LogP contribution < -0.4 is 4.90 Å². The van der Waals surface area contributed by atoms with E-state index in [9.17, 15) is 9.59 Å². The van der Waals surface area contributed by atoms with Crippen LogP contribution in [0, 0.1) is 0 Å². The van der Waals surface area contributed by atoms with Crippen LogP contribution in [0.15, 0.2) is 59.5 Å². The fraction of sp³-hybridized carbons (Fsp3) is 0.300. The minimum Gasteiger partial charge on any atom is -0.443 e. The van der Waals surface area contributed by atoms with Gasteiger partial charge in [0.1, 0.15) is 10.3 Å². The molecule has 0 bridgehead atoms. The highest BCUT2D eigenvalue weighted by Gasteiger charge is 2.51. The molecule has 0 saturated carbocycles. The zero-order valence-electron chi connectivity index (χ0n) is 14.8. The lowest BCUT2D eigenvalue weighted by molar-refractivity contribution is -0.119. The number of carbonyl (C=O) groups is 2. The average molecular weight is 355 g/mol. The van der Waals surface area contributed by atoms with Crippen LogP contribution in [0.4, 0.5) is 10.5 Å². The summed E-state index contributed by atoms with van der Waals surface area (Å²) < 4.78 is 4.57. The van der Waals surface area contributed by atoms with Crippen LogP contribution in [0.3, 0.4) is 0 Å². The van der Waals surface area contributed by atoms with Gasteiger partial charge in [-0.2, -0.15) is 0 Å². The highest BCUT2D eigenvalue weighted by molar-refractivity contribution is 8.01. The number of amides is 2. The lowest BCUT2D eigenvalue weighted by atomic mass is 10.0. The third kappa shape index (κ3) is 3.29. The highest BCUT2D eigenvalue weighted by Crippen LogP contribution is 2.51. The maximum atomic E-state index is 13.2. The van der Waals surface area contributed by atoms with Gasteiger partial charge >= 0.3 is 6.09 Å². The third-order valence-corrected chi connectivity index (χ3v) is 5.22. The van der Waals surface area contributed by atoms with Gasteiger partial charge in [0.2, 0.25) is 0 Å². The lowest BCUT2D eigenvalue weighted by Gasteiger charge is -2.26. The van der Waals surface area contributed by atoms with Crippen molar-refractivity contribution in [3.05, 3.63) is 60.2 Å². The molecule has 3 rings (SSSR count). The minimum atomic E-state index is -0.880. The normalized spacial score (nSPS) is 19.7. The maximum Gasteiger partial charge on any atom is 0.421 e. The van der Waals surface area contributed by atoms with E-state index >= 15 is 0 Å². The summed E-state index contributed by atoms with van der Waals surface area (Å²) in [6.07, 6.45) is -0.637. The molecule has 25 heavy (non-hydrogen) atoms. The number of carbonyl (C=O) groups excluding carboxylic acids is 2. The number of hydrogen-bond acceptors (Lipinski definition) is 4. The summed E-state index contributed by atoms with van der Waals surface area (Å²) in [7, 11) is 0. The number of nitrogens with zero attached hydrogens (tertiary/aromatic N) is 1. The van der Waals surface area contributed by atoms with E-state index in [1.807, 2.05) is 55.5 Å². The van der Waals surface area contributed by atoms with E-state index in [1.54, 1.807) is 26.8 Å². The van der Waals surface area contributed by atoms with E-state index in [4.69, 9.17) is 4.74 Å². The third-order valence-electron chi connectivity index (χ3n) is 3.91. The van der Waals surface area contributed by atoms with Crippen molar-refractivity contribution in [1.82, 2.24) is 0 Å². The number of para-hydroxylation sites is 1. The van der Waals surface area contributed by atoms with Crippen molar-refractivity contribution >= 4 is 29.4 Å². The number of thioether (sulfide) groups is 1. The molecule has 0 aliphatic carbocycles. The van der Waals surface area contributed by atoms with Gasteiger partial charge in [-0.1, -0.05) is 36.4 Å². The first-order valence-corrected chi connectivity index (χ1v) is 8.95. The Balaban J connectivity index is 2.02. The molecule has 0 unspecified atom stereocenters. The van der Waals surface area contributed by atoms with E-state index < -0.39 is 16.4 Å². The van der Waals surface area contributed by atoms with E-state index in [1.165, 1.54) is 11.8 Å². The standard InChI is InChI=1S/C20H21NO3S/c1-19(2,3)24-18(23)21-16-13-9-8-12-15(16)20(4,17(21)22)25-14-10-6-5-7-11-14/h5-13H,1-4H3/t20-/m0/s1. The maximum absolute atomic E-state index is 13.2. The molecule has 1 atom stereocenters. The molecule has 2 aromatic rings. The molecule has 1 heterocycles. The van der Waals surface area contributed by atoms with Crippen molar-refractivity contribution in [3.63, 3.8) is 0 Å². The Morgan fingerprint density at radius 2 is 1.64 bits per heavy atom. The summed E-state index contributed by atoms with van der Waals surface area (Å²) >= 11 is 1.44.